The van der Waals surface area contributed by atoms with Crippen LogP contribution in [0, 0.1) is 6.92 Å². The number of aryl methyl sites for hydroxylation is 1. The minimum atomic E-state index is 0.551. The molecule has 0 N–H and O–H groups in total. The van der Waals surface area contributed by atoms with Gasteiger partial charge in [-0.25, -0.2) is 4.98 Å². The largest absolute Gasteiger partial charge is 0.440 e. The number of aromatic nitrogens is 1. The molecule has 4 heteroatoms. The summed E-state index contributed by atoms with van der Waals surface area (Å²) in [6, 6.07) is 3.48. The van der Waals surface area contributed by atoms with Crippen molar-refractivity contribution in [2.75, 3.05) is 0 Å². The van der Waals surface area contributed by atoms with Gasteiger partial charge >= 0.3 is 0 Å². The van der Waals surface area contributed by atoms with E-state index in [0.717, 1.165) is 10.8 Å². The minimum absolute atomic E-state index is 0.551. The second-order valence-corrected chi connectivity index (χ2v) is 3.52. The molecule has 0 unspecified atom stereocenters. The average Bonchev–Trinajstić information content (AvgIpc) is 2.48. The Balaban J connectivity index is 2.91. The average molecular weight is 240 g/mol. The molecule has 0 saturated carbocycles. The summed E-state index contributed by atoms with van der Waals surface area (Å²) in [5, 5.41) is 0. The van der Waals surface area contributed by atoms with E-state index >= 15 is 0 Å². The van der Waals surface area contributed by atoms with Gasteiger partial charge in [0.1, 0.15) is 5.52 Å². The number of aldehydes is 1. The molecule has 0 saturated heterocycles. The second-order valence-electron chi connectivity index (χ2n) is 2.67. The first kappa shape index (κ1) is 8.44. The van der Waals surface area contributed by atoms with Crippen molar-refractivity contribution in [3.8, 4) is 0 Å². The number of nitrogens with zero attached hydrogens (tertiary/aromatic N) is 1. The molecule has 0 spiro atoms. The van der Waals surface area contributed by atoms with Gasteiger partial charge in [-0.1, -0.05) is 0 Å². The molecule has 66 valence electrons. The van der Waals surface area contributed by atoms with Crippen molar-refractivity contribution in [2.24, 2.45) is 0 Å². The van der Waals surface area contributed by atoms with E-state index in [1.165, 1.54) is 0 Å². The van der Waals surface area contributed by atoms with Gasteiger partial charge in [0.05, 0.1) is 4.47 Å². The molecule has 0 fully saturated rings. The standard InChI is InChI=1S/C9H6BrNO2/c1-5-11-8-6(4-12)2-3-7(10)9(8)13-5/h2-4H,1H3. The van der Waals surface area contributed by atoms with E-state index in [2.05, 4.69) is 20.9 Å². The Labute approximate surface area is 82.9 Å². The Morgan fingerprint density at radius 2 is 2.31 bits per heavy atom. The zero-order valence-corrected chi connectivity index (χ0v) is 8.46. The molecule has 0 aliphatic rings. The highest BCUT2D eigenvalue weighted by atomic mass is 79.9. The van der Waals surface area contributed by atoms with Crippen LogP contribution in [0.4, 0.5) is 0 Å². The topological polar surface area (TPSA) is 43.1 Å². The second kappa shape index (κ2) is 2.96. The maximum Gasteiger partial charge on any atom is 0.192 e. The van der Waals surface area contributed by atoms with Gasteiger partial charge in [0.25, 0.3) is 0 Å². The molecule has 1 heterocycles. The summed E-state index contributed by atoms with van der Waals surface area (Å²) >= 11 is 3.32. The van der Waals surface area contributed by atoms with Crippen LogP contribution in [0.25, 0.3) is 11.1 Å². The highest BCUT2D eigenvalue weighted by Crippen LogP contribution is 2.26. The van der Waals surface area contributed by atoms with Crippen LogP contribution in [0.2, 0.25) is 0 Å². The summed E-state index contributed by atoms with van der Waals surface area (Å²) in [6.07, 6.45) is 0.775. The molecule has 2 rings (SSSR count). The van der Waals surface area contributed by atoms with Crippen molar-refractivity contribution in [3.63, 3.8) is 0 Å². The maximum absolute atomic E-state index is 10.6. The summed E-state index contributed by atoms with van der Waals surface area (Å²) < 4.78 is 6.14. The fourth-order valence-electron chi connectivity index (χ4n) is 1.20. The Morgan fingerprint density at radius 1 is 1.54 bits per heavy atom. The zero-order chi connectivity index (χ0) is 9.42. The molecule has 1 aromatic carbocycles. The first-order chi connectivity index (χ1) is 6.22. The number of carbonyl (C=O) groups is 1. The highest BCUT2D eigenvalue weighted by Gasteiger charge is 2.09. The van der Waals surface area contributed by atoms with Gasteiger partial charge in [0.15, 0.2) is 17.8 Å². The number of hydrogen-bond donors (Lipinski definition) is 0. The molecule has 0 atom stereocenters. The lowest BCUT2D eigenvalue weighted by Crippen LogP contribution is -1.82. The third-order valence-corrected chi connectivity index (χ3v) is 2.39. The van der Waals surface area contributed by atoms with E-state index in [0.29, 0.717) is 22.6 Å². The molecule has 0 aliphatic heterocycles. The van der Waals surface area contributed by atoms with Gasteiger partial charge in [-0.3, -0.25) is 4.79 Å². The van der Waals surface area contributed by atoms with Crippen LogP contribution in [-0.2, 0) is 0 Å². The first-order valence-electron chi connectivity index (χ1n) is 3.73. The number of oxazole rings is 1. The number of carbonyl (C=O) groups excluding carboxylic acids is 1. The van der Waals surface area contributed by atoms with Gasteiger partial charge < -0.3 is 4.42 Å². The smallest absolute Gasteiger partial charge is 0.192 e. The van der Waals surface area contributed by atoms with Crippen LogP contribution >= 0.6 is 15.9 Å². The van der Waals surface area contributed by atoms with Crippen molar-refractivity contribution >= 4 is 33.3 Å². The predicted octanol–water partition coefficient (Wildman–Crippen LogP) is 2.71. The lowest BCUT2D eigenvalue weighted by atomic mass is 10.2. The van der Waals surface area contributed by atoms with Crippen molar-refractivity contribution < 1.29 is 9.21 Å². The number of hydrogen-bond acceptors (Lipinski definition) is 3. The SMILES string of the molecule is Cc1nc2c(C=O)ccc(Br)c2o1. The van der Waals surface area contributed by atoms with Crippen molar-refractivity contribution in [1.29, 1.82) is 0 Å². The molecule has 3 nitrogen and oxygen atoms in total. The monoisotopic (exact) mass is 239 g/mol. The number of benzene rings is 1. The van der Waals surface area contributed by atoms with Gasteiger partial charge in [0.2, 0.25) is 0 Å². The minimum Gasteiger partial charge on any atom is -0.440 e. The van der Waals surface area contributed by atoms with Gasteiger partial charge in [-0.15, -0.1) is 0 Å². The Bertz CT molecular complexity index is 476. The molecule has 13 heavy (non-hydrogen) atoms. The Hall–Kier alpha value is -1.16. The maximum atomic E-state index is 10.6. The molecular formula is C9H6BrNO2. The molecule has 0 aliphatic carbocycles. The van der Waals surface area contributed by atoms with Crippen LogP contribution in [0.3, 0.4) is 0 Å². The molecule has 0 amide bonds. The van der Waals surface area contributed by atoms with Crippen LogP contribution in [0.5, 0.6) is 0 Å². The third kappa shape index (κ3) is 1.27. The van der Waals surface area contributed by atoms with Crippen molar-refractivity contribution in [1.82, 2.24) is 4.98 Å². The first-order valence-corrected chi connectivity index (χ1v) is 4.52. The number of halogens is 1. The summed E-state index contributed by atoms with van der Waals surface area (Å²) in [7, 11) is 0. The van der Waals surface area contributed by atoms with E-state index in [-0.39, 0.29) is 0 Å². The third-order valence-electron chi connectivity index (χ3n) is 1.76. The van der Waals surface area contributed by atoms with Crippen LogP contribution in [0.1, 0.15) is 16.2 Å². The Kier molecular flexibility index (Phi) is 1.92. The molecule has 2 aromatic rings. The van der Waals surface area contributed by atoms with E-state index < -0.39 is 0 Å². The lowest BCUT2D eigenvalue weighted by Gasteiger charge is -1.92. The van der Waals surface area contributed by atoms with E-state index in [1.54, 1.807) is 19.1 Å². The number of rotatable bonds is 1. The molecule has 0 radical (unpaired) electrons. The summed E-state index contributed by atoms with van der Waals surface area (Å²) in [4.78, 5) is 14.8. The molecule has 1 aromatic heterocycles. The van der Waals surface area contributed by atoms with Gasteiger partial charge in [0, 0.05) is 12.5 Å². The summed E-state index contributed by atoms with van der Waals surface area (Å²) in [6.45, 7) is 1.75. The predicted molar refractivity (Wildman–Crippen MR) is 51.8 cm³/mol. The highest BCUT2D eigenvalue weighted by molar-refractivity contribution is 9.10. The Morgan fingerprint density at radius 3 is 3.00 bits per heavy atom. The number of fused-ring (bicyclic) bond motifs is 1. The lowest BCUT2D eigenvalue weighted by molar-refractivity contribution is 0.112. The summed E-state index contributed by atoms with van der Waals surface area (Å²) in [5.41, 5.74) is 1.79. The molecular weight excluding hydrogens is 234 g/mol. The zero-order valence-electron chi connectivity index (χ0n) is 6.87. The van der Waals surface area contributed by atoms with E-state index in [1.807, 2.05) is 0 Å². The van der Waals surface area contributed by atoms with Crippen LogP contribution in [-0.4, -0.2) is 11.3 Å². The molecule has 0 bridgehead atoms. The van der Waals surface area contributed by atoms with Gasteiger partial charge in [-0.2, -0.15) is 0 Å². The van der Waals surface area contributed by atoms with Gasteiger partial charge in [-0.05, 0) is 28.1 Å². The summed E-state index contributed by atoms with van der Waals surface area (Å²) in [5.74, 6) is 0.560. The quantitative estimate of drug-likeness (QED) is 0.719. The fraction of sp³-hybridized carbons (Fsp3) is 0.111. The van der Waals surface area contributed by atoms with Crippen LogP contribution in [0.15, 0.2) is 21.0 Å². The van der Waals surface area contributed by atoms with Crippen LogP contribution < -0.4 is 0 Å². The normalized spacial score (nSPS) is 10.6. The van der Waals surface area contributed by atoms with Crippen molar-refractivity contribution in [3.05, 3.63) is 28.1 Å². The fourth-order valence-corrected chi connectivity index (χ4v) is 1.60. The van der Waals surface area contributed by atoms with E-state index in [4.69, 9.17) is 4.42 Å². The van der Waals surface area contributed by atoms with E-state index in [9.17, 15) is 4.79 Å². The van der Waals surface area contributed by atoms with Crippen molar-refractivity contribution in [2.45, 2.75) is 6.92 Å².